The number of alkyl halides is 3. The van der Waals surface area contributed by atoms with Crippen LogP contribution in [0.5, 0.6) is 0 Å². The molecule has 4 nitrogen and oxygen atoms in total. The average Bonchev–Trinajstić information content (AvgIpc) is 2.58. The van der Waals surface area contributed by atoms with Gasteiger partial charge in [-0.2, -0.15) is 13.2 Å². The van der Waals surface area contributed by atoms with Gasteiger partial charge >= 0.3 is 5.51 Å². The van der Waals surface area contributed by atoms with Crippen molar-refractivity contribution in [3.63, 3.8) is 0 Å². The van der Waals surface area contributed by atoms with Crippen LogP contribution in [0.25, 0.3) is 0 Å². The van der Waals surface area contributed by atoms with E-state index in [9.17, 15) is 26.4 Å². The number of thioether (sulfide) groups is 1. The Morgan fingerprint density at radius 2 is 1.63 bits per heavy atom. The molecule has 0 saturated carbocycles. The normalized spacial score (nSPS) is 12.0. The Morgan fingerprint density at radius 3 is 2.22 bits per heavy atom. The van der Waals surface area contributed by atoms with E-state index < -0.39 is 21.3 Å². The van der Waals surface area contributed by atoms with Gasteiger partial charge < -0.3 is 5.32 Å². The zero-order valence-electron chi connectivity index (χ0n) is 14.2. The number of hydrogen-bond acceptors (Lipinski definition) is 4. The number of rotatable bonds is 8. The first-order chi connectivity index (χ1) is 12.6. The summed E-state index contributed by atoms with van der Waals surface area (Å²) >= 11 is -0.252. The molecule has 1 N–H and O–H groups in total. The lowest BCUT2D eigenvalue weighted by Crippen LogP contribution is -2.26. The van der Waals surface area contributed by atoms with Crippen molar-refractivity contribution in [2.75, 3.05) is 12.3 Å². The average molecular weight is 417 g/mol. The summed E-state index contributed by atoms with van der Waals surface area (Å²) in [4.78, 5) is 12.0. The van der Waals surface area contributed by atoms with Crippen molar-refractivity contribution in [1.29, 1.82) is 0 Å². The van der Waals surface area contributed by atoms with Crippen LogP contribution in [0.4, 0.5) is 13.2 Å². The van der Waals surface area contributed by atoms with Crippen LogP contribution < -0.4 is 5.32 Å². The standard InChI is InChI=1S/C18H18F3NO3S2/c19-18(20,21)26-16-9-7-15(8-10-16)17(23)22-11-4-12-27(24,25)13-14-5-2-1-3-6-14/h1-3,5-10H,4,11-13H2,(H,22,23). The Morgan fingerprint density at radius 1 is 1.00 bits per heavy atom. The number of hydrogen-bond donors (Lipinski definition) is 1. The van der Waals surface area contributed by atoms with E-state index in [1.54, 1.807) is 30.3 Å². The van der Waals surface area contributed by atoms with E-state index in [4.69, 9.17) is 0 Å². The molecular weight excluding hydrogens is 399 g/mol. The molecule has 0 unspecified atom stereocenters. The number of halogens is 3. The highest BCUT2D eigenvalue weighted by Gasteiger charge is 2.29. The molecule has 9 heteroatoms. The van der Waals surface area contributed by atoms with Crippen molar-refractivity contribution in [1.82, 2.24) is 5.32 Å². The lowest BCUT2D eigenvalue weighted by molar-refractivity contribution is -0.0328. The zero-order valence-corrected chi connectivity index (χ0v) is 15.8. The number of benzene rings is 2. The lowest BCUT2D eigenvalue weighted by atomic mass is 10.2. The van der Waals surface area contributed by atoms with Crippen molar-refractivity contribution in [2.45, 2.75) is 22.6 Å². The molecule has 0 saturated heterocycles. The molecule has 0 bridgehead atoms. The summed E-state index contributed by atoms with van der Waals surface area (Å²) in [7, 11) is -3.28. The van der Waals surface area contributed by atoms with Gasteiger partial charge in [0.05, 0.1) is 11.5 Å². The van der Waals surface area contributed by atoms with Crippen molar-refractivity contribution >= 4 is 27.5 Å². The maximum atomic E-state index is 12.3. The van der Waals surface area contributed by atoms with Gasteiger partial charge in [0.1, 0.15) is 0 Å². The van der Waals surface area contributed by atoms with Gasteiger partial charge in [-0.25, -0.2) is 8.42 Å². The van der Waals surface area contributed by atoms with Gasteiger partial charge in [0, 0.05) is 17.0 Å². The fourth-order valence-corrected chi connectivity index (χ4v) is 4.27. The molecule has 27 heavy (non-hydrogen) atoms. The second-order valence-electron chi connectivity index (χ2n) is 5.76. The Bertz CT molecular complexity index is 852. The van der Waals surface area contributed by atoms with E-state index in [2.05, 4.69) is 5.32 Å². The largest absolute Gasteiger partial charge is 0.446 e. The summed E-state index contributed by atoms with van der Waals surface area (Å²) in [6, 6.07) is 13.9. The summed E-state index contributed by atoms with van der Waals surface area (Å²) in [5.41, 5.74) is -3.46. The number of amides is 1. The van der Waals surface area contributed by atoms with Crippen LogP contribution in [0, 0.1) is 0 Å². The Kier molecular flexibility index (Phi) is 7.32. The van der Waals surface area contributed by atoms with Gasteiger partial charge in [-0.1, -0.05) is 30.3 Å². The topological polar surface area (TPSA) is 63.2 Å². The SMILES string of the molecule is O=C(NCCCS(=O)(=O)Cc1ccccc1)c1ccc(SC(F)(F)F)cc1. The molecule has 1 amide bonds. The van der Waals surface area contributed by atoms with E-state index in [0.29, 0.717) is 5.56 Å². The van der Waals surface area contributed by atoms with E-state index in [1.165, 1.54) is 24.3 Å². The van der Waals surface area contributed by atoms with E-state index >= 15 is 0 Å². The minimum atomic E-state index is -4.38. The van der Waals surface area contributed by atoms with Gasteiger partial charge in [0.2, 0.25) is 0 Å². The maximum Gasteiger partial charge on any atom is 0.446 e. The molecule has 0 aliphatic carbocycles. The van der Waals surface area contributed by atoms with Gasteiger partial charge in [-0.15, -0.1) is 0 Å². The first-order valence-electron chi connectivity index (χ1n) is 8.03. The van der Waals surface area contributed by atoms with Gasteiger partial charge in [-0.05, 0) is 48.0 Å². The van der Waals surface area contributed by atoms with Crippen molar-refractivity contribution in [3.05, 3.63) is 65.7 Å². The molecule has 2 aromatic rings. The minimum absolute atomic E-state index is 0.00828. The summed E-state index contributed by atoms with van der Waals surface area (Å²) in [6.07, 6.45) is 0.253. The molecule has 0 spiro atoms. The predicted octanol–water partition coefficient (Wildman–Crippen LogP) is 4.03. The molecule has 0 radical (unpaired) electrons. The van der Waals surface area contributed by atoms with Crippen LogP contribution in [0.3, 0.4) is 0 Å². The van der Waals surface area contributed by atoms with Crippen LogP contribution in [0.15, 0.2) is 59.5 Å². The molecule has 146 valence electrons. The smallest absolute Gasteiger partial charge is 0.352 e. The highest BCUT2D eigenvalue weighted by Crippen LogP contribution is 2.36. The highest BCUT2D eigenvalue weighted by atomic mass is 32.2. The molecule has 0 aromatic heterocycles. The monoisotopic (exact) mass is 417 g/mol. The molecule has 0 fully saturated rings. The Hall–Kier alpha value is -2.00. The van der Waals surface area contributed by atoms with Gasteiger partial charge in [0.15, 0.2) is 9.84 Å². The summed E-state index contributed by atoms with van der Waals surface area (Å²) in [5.74, 6) is -0.581. The third kappa shape index (κ3) is 8.04. The van der Waals surface area contributed by atoms with Crippen LogP contribution in [0.2, 0.25) is 0 Å². The van der Waals surface area contributed by atoms with Gasteiger partial charge in [-0.3, -0.25) is 4.79 Å². The first-order valence-corrected chi connectivity index (χ1v) is 10.7. The summed E-state index contributed by atoms with van der Waals surface area (Å²) in [6.45, 7) is 0.159. The van der Waals surface area contributed by atoms with Crippen molar-refractivity contribution < 1.29 is 26.4 Å². The number of carbonyl (C=O) groups excluding carboxylic acids is 1. The van der Waals surface area contributed by atoms with Crippen molar-refractivity contribution in [3.8, 4) is 0 Å². The van der Waals surface area contributed by atoms with E-state index in [0.717, 1.165) is 0 Å². The molecule has 0 aliphatic heterocycles. The fraction of sp³-hybridized carbons (Fsp3) is 0.278. The molecule has 0 heterocycles. The highest BCUT2D eigenvalue weighted by molar-refractivity contribution is 8.00. The maximum absolute atomic E-state index is 12.3. The summed E-state index contributed by atoms with van der Waals surface area (Å²) in [5, 5.41) is 2.57. The molecule has 0 aliphatic rings. The van der Waals surface area contributed by atoms with Crippen LogP contribution in [-0.2, 0) is 15.6 Å². The number of sulfone groups is 1. The van der Waals surface area contributed by atoms with Crippen LogP contribution in [-0.4, -0.2) is 32.1 Å². The minimum Gasteiger partial charge on any atom is -0.352 e. The van der Waals surface area contributed by atoms with Crippen LogP contribution in [0.1, 0.15) is 22.3 Å². The first kappa shape index (κ1) is 21.3. The molecular formula is C18H18F3NO3S2. The van der Waals surface area contributed by atoms with Crippen molar-refractivity contribution in [2.24, 2.45) is 0 Å². The fourth-order valence-electron chi connectivity index (χ4n) is 2.30. The predicted molar refractivity (Wildman–Crippen MR) is 99.2 cm³/mol. The number of nitrogens with one attached hydrogen (secondary N) is 1. The van der Waals surface area contributed by atoms with E-state index in [1.807, 2.05) is 0 Å². The third-order valence-corrected chi connectivity index (χ3v) is 5.92. The third-order valence-electron chi connectivity index (χ3n) is 3.50. The number of carbonyl (C=O) groups is 1. The molecule has 2 aromatic carbocycles. The van der Waals surface area contributed by atoms with E-state index in [-0.39, 0.29) is 46.7 Å². The molecule has 0 atom stereocenters. The second kappa shape index (κ2) is 9.27. The Labute approximate surface area is 160 Å². The Balaban J connectivity index is 1.77. The van der Waals surface area contributed by atoms with Crippen LogP contribution >= 0.6 is 11.8 Å². The quantitative estimate of drug-likeness (QED) is 0.520. The zero-order chi connectivity index (χ0) is 19.9. The lowest BCUT2D eigenvalue weighted by Gasteiger charge is -2.08. The summed E-state index contributed by atoms with van der Waals surface area (Å²) < 4.78 is 60.9. The second-order valence-corrected chi connectivity index (χ2v) is 9.08. The van der Waals surface area contributed by atoms with Gasteiger partial charge in [0.25, 0.3) is 5.91 Å². The molecule has 2 rings (SSSR count).